The van der Waals surface area contributed by atoms with Crippen LogP contribution in [0.1, 0.15) is 26.7 Å². The molecule has 0 unspecified atom stereocenters. The highest BCUT2D eigenvalue weighted by molar-refractivity contribution is 5.34. The summed E-state index contributed by atoms with van der Waals surface area (Å²) in [6.07, 6.45) is 4.17. The van der Waals surface area contributed by atoms with Crippen LogP contribution in [0.4, 0.5) is 5.82 Å². The molecule has 0 spiro atoms. The fraction of sp³-hybridized carbons (Fsp3) is 0.688. The summed E-state index contributed by atoms with van der Waals surface area (Å²) in [6.45, 7) is 9.58. The summed E-state index contributed by atoms with van der Waals surface area (Å²) in [5, 5.41) is 3.57. The first-order valence-corrected chi connectivity index (χ1v) is 7.77. The molecule has 0 aliphatic carbocycles. The van der Waals surface area contributed by atoms with E-state index in [0.29, 0.717) is 12.0 Å². The molecule has 0 amide bonds. The van der Waals surface area contributed by atoms with Crippen molar-refractivity contribution in [3.05, 3.63) is 24.4 Å². The zero-order valence-electron chi connectivity index (χ0n) is 12.7. The minimum atomic E-state index is 0.535. The zero-order chi connectivity index (χ0) is 14.2. The van der Waals surface area contributed by atoms with Crippen LogP contribution in [0.3, 0.4) is 0 Å². The summed E-state index contributed by atoms with van der Waals surface area (Å²) in [7, 11) is 0. The van der Waals surface area contributed by atoms with E-state index < -0.39 is 0 Å². The van der Waals surface area contributed by atoms with Crippen LogP contribution in [-0.4, -0.2) is 48.8 Å². The van der Waals surface area contributed by atoms with E-state index in [1.165, 1.54) is 13.0 Å². The van der Waals surface area contributed by atoms with Crippen LogP contribution >= 0.6 is 0 Å². The molecule has 4 heteroatoms. The molecule has 0 aromatic carbocycles. The monoisotopic (exact) mass is 277 g/mol. The number of hydrogen-bond donors (Lipinski definition) is 1. The van der Waals surface area contributed by atoms with Gasteiger partial charge < -0.3 is 15.0 Å². The highest BCUT2D eigenvalue weighted by Gasteiger charge is 2.25. The Morgan fingerprint density at radius 1 is 1.45 bits per heavy atom. The van der Waals surface area contributed by atoms with Crippen molar-refractivity contribution in [1.29, 1.82) is 0 Å². The van der Waals surface area contributed by atoms with Crippen LogP contribution < -0.4 is 5.32 Å². The van der Waals surface area contributed by atoms with E-state index >= 15 is 0 Å². The molecule has 0 saturated carbocycles. The normalized spacial score (nSPS) is 23.7. The molecule has 0 radical (unpaired) electrons. The van der Waals surface area contributed by atoms with Gasteiger partial charge in [0.15, 0.2) is 0 Å². The predicted octanol–water partition coefficient (Wildman–Crippen LogP) is 2.63. The summed E-state index contributed by atoms with van der Waals surface area (Å²) >= 11 is 0. The lowest BCUT2D eigenvalue weighted by molar-refractivity contribution is 0.117. The van der Waals surface area contributed by atoms with Gasteiger partial charge in [-0.25, -0.2) is 4.98 Å². The van der Waals surface area contributed by atoms with Gasteiger partial charge >= 0.3 is 0 Å². The molecule has 2 rings (SSSR count). The van der Waals surface area contributed by atoms with Gasteiger partial charge in [0, 0.05) is 45.1 Å². The second kappa shape index (κ2) is 8.22. The van der Waals surface area contributed by atoms with Crippen molar-refractivity contribution in [2.45, 2.75) is 32.7 Å². The van der Waals surface area contributed by atoms with Gasteiger partial charge in [-0.1, -0.05) is 13.0 Å². The molecule has 1 aromatic heterocycles. The highest BCUT2D eigenvalue weighted by Crippen LogP contribution is 2.20. The van der Waals surface area contributed by atoms with E-state index in [9.17, 15) is 0 Å². The molecule has 0 bridgehead atoms. The summed E-state index contributed by atoms with van der Waals surface area (Å²) in [4.78, 5) is 6.91. The molecule has 1 aromatic rings. The van der Waals surface area contributed by atoms with E-state index in [0.717, 1.165) is 38.5 Å². The number of hydrogen-bond acceptors (Lipinski definition) is 4. The standard InChI is InChI=1S/C16H27N3O/c1-3-20-12-6-10-19-11-8-15(14(2)13-19)18-16-7-4-5-9-17-16/h4-5,7,9,14-15H,3,6,8,10-13H2,1-2H3,(H,17,18)/t14-,15-/m1/s1. The van der Waals surface area contributed by atoms with Crippen LogP contribution in [0.15, 0.2) is 24.4 Å². The number of ether oxygens (including phenoxy) is 1. The van der Waals surface area contributed by atoms with Crippen LogP contribution in [0.2, 0.25) is 0 Å². The number of piperidine rings is 1. The Bertz CT molecular complexity index is 371. The molecule has 1 N–H and O–H groups in total. The maximum atomic E-state index is 5.40. The average molecular weight is 277 g/mol. The van der Waals surface area contributed by atoms with E-state index in [1.54, 1.807) is 0 Å². The third kappa shape index (κ3) is 4.76. The fourth-order valence-corrected chi connectivity index (χ4v) is 2.82. The molecule has 112 valence electrons. The van der Waals surface area contributed by atoms with Crippen molar-refractivity contribution in [3.8, 4) is 0 Å². The van der Waals surface area contributed by atoms with Gasteiger partial charge in [-0.2, -0.15) is 0 Å². The second-order valence-electron chi connectivity index (χ2n) is 5.58. The van der Waals surface area contributed by atoms with Gasteiger partial charge in [-0.05, 0) is 37.8 Å². The van der Waals surface area contributed by atoms with Crippen molar-refractivity contribution in [2.75, 3.05) is 38.2 Å². The maximum absolute atomic E-state index is 5.40. The topological polar surface area (TPSA) is 37.4 Å². The van der Waals surface area contributed by atoms with Gasteiger partial charge in [-0.3, -0.25) is 0 Å². The Morgan fingerprint density at radius 3 is 3.05 bits per heavy atom. The highest BCUT2D eigenvalue weighted by atomic mass is 16.5. The molecule has 2 heterocycles. The summed E-state index contributed by atoms with van der Waals surface area (Å²) < 4.78 is 5.40. The fourth-order valence-electron chi connectivity index (χ4n) is 2.82. The Balaban J connectivity index is 1.72. The summed E-state index contributed by atoms with van der Waals surface area (Å²) in [5.74, 6) is 1.65. The number of likely N-dealkylation sites (tertiary alicyclic amines) is 1. The van der Waals surface area contributed by atoms with Crippen LogP contribution in [0.5, 0.6) is 0 Å². The van der Waals surface area contributed by atoms with Gasteiger partial charge in [0.25, 0.3) is 0 Å². The molecule has 1 saturated heterocycles. The van der Waals surface area contributed by atoms with Crippen molar-refractivity contribution >= 4 is 5.82 Å². The maximum Gasteiger partial charge on any atom is 0.126 e. The van der Waals surface area contributed by atoms with Crippen LogP contribution in [0, 0.1) is 5.92 Å². The lowest BCUT2D eigenvalue weighted by Gasteiger charge is -2.37. The van der Waals surface area contributed by atoms with E-state index in [-0.39, 0.29) is 0 Å². The minimum absolute atomic E-state index is 0.535. The van der Waals surface area contributed by atoms with Gasteiger partial charge in [0.05, 0.1) is 0 Å². The van der Waals surface area contributed by atoms with Crippen molar-refractivity contribution in [3.63, 3.8) is 0 Å². The Labute approximate surface area is 122 Å². The van der Waals surface area contributed by atoms with Gasteiger partial charge in [0.2, 0.25) is 0 Å². The number of anilines is 1. The Hall–Kier alpha value is -1.13. The summed E-state index contributed by atoms with van der Waals surface area (Å²) in [5.41, 5.74) is 0. The lowest BCUT2D eigenvalue weighted by Crippen LogP contribution is -2.45. The van der Waals surface area contributed by atoms with Crippen LogP contribution in [0.25, 0.3) is 0 Å². The third-order valence-electron chi connectivity index (χ3n) is 3.95. The molecule has 1 fully saturated rings. The Morgan fingerprint density at radius 2 is 2.35 bits per heavy atom. The van der Waals surface area contributed by atoms with Crippen molar-refractivity contribution < 1.29 is 4.74 Å². The minimum Gasteiger partial charge on any atom is -0.382 e. The van der Waals surface area contributed by atoms with E-state index in [2.05, 4.69) is 29.0 Å². The van der Waals surface area contributed by atoms with Crippen LogP contribution in [-0.2, 0) is 4.74 Å². The number of pyridine rings is 1. The molecular weight excluding hydrogens is 250 g/mol. The van der Waals surface area contributed by atoms with Gasteiger partial charge in [0.1, 0.15) is 5.82 Å². The largest absolute Gasteiger partial charge is 0.382 e. The molecule has 1 aliphatic rings. The predicted molar refractivity (Wildman–Crippen MR) is 83.0 cm³/mol. The number of rotatable bonds is 7. The molecule has 20 heavy (non-hydrogen) atoms. The SMILES string of the molecule is CCOCCCN1CC[C@@H](Nc2ccccn2)[C@H](C)C1. The number of nitrogens with zero attached hydrogens (tertiary/aromatic N) is 2. The number of nitrogens with one attached hydrogen (secondary N) is 1. The average Bonchev–Trinajstić information content (AvgIpc) is 2.47. The second-order valence-corrected chi connectivity index (χ2v) is 5.58. The number of aromatic nitrogens is 1. The van der Waals surface area contributed by atoms with Crippen molar-refractivity contribution in [1.82, 2.24) is 9.88 Å². The first-order valence-electron chi connectivity index (χ1n) is 7.77. The molecule has 2 atom stereocenters. The Kier molecular flexibility index (Phi) is 6.27. The third-order valence-corrected chi connectivity index (χ3v) is 3.95. The lowest BCUT2D eigenvalue weighted by atomic mass is 9.93. The van der Waals surface area contributed by atoms with Gasteiger partial charge in [-0.15, -0.1) is 0 Å². The van der Waals surface area contributed by atoms with E-state index in [4.69, 9.17) is 4.74 Å². The van der Waals surface area contributed by atoms with Crippen molar-refractivity contribution in [2.24, 2.45) is 5.92 Å². The molecular formula is C16H27N3O. The quantitative estimate of drug-likeness (QED) is 0.778. The first kappa shape index (κ1) is 15.3. The summed E-state index contributed by atoms with van der Waals surface area (Å²) in [6, 6.07) is 6.56. The first-order chi connectivity index (χ1) is 9.79. The van der Waals surface area contributed by atoms with E-state index in [1.807, 2.05) is 24.4 Å². The molecule has 4 nitrogen and oxygen atoms in total. The molecule has 1 aliphatic heterocycles. The zero-order valence-corrected chi connectivity index (χ0v) is 12.7. The smallest absolute Gasteiger partial charge is 0.126 e.